The average Bonchev–Trinajstić information content (AvgIpc) is 2.67. The molecule has 0 aliphatic rings. The molecule has 1 N–H and O–H groups in total. The third-order valence-electron chi connectivity index (χ3n) is 2.90. The molecule has 2 rings (SSSR count). The molecule has 0 aliphatic carbocycles. The highest BCUT2D eigenvalue weighted by molar-refractivity contribution is 9.10. The molecule has 17 heavy (non-hydrogen) atoms. The minimum Gasteiger partial charge on any atom is -0.394 e. The zero-order valence-corrected chi connectivity index (χ0v) is 11.5. The number of aliphatic hydroxyl groups is 1. The van der Waals surface area contributed by atoms with Gasteiger partial charge in [0, 0.05) is 27.8 Å². The molecule has 0 fully saturated rings. The van der Waals surface area contributed by atoms with E-state index in [1.54, 1.807) is 12.3 Å². The SMILES string of the molecule is C=Cc1cn(C(C)(C)CO)c2ncc(Br)cc12. The van der Waals surface area contributed by atoms with E-state index in [0.29, 0.717) is 0 Å². The summed E-state index contributed by atoms with van der Waals surface area (Å²) in [6.07, 6.45) is 5.55. The number of halogens is 1. The maximum absolute atomic E-state index is 9.46. The lowest BCUT2D eigenvalue weighted by Gasteiger charge is -2.24. The second-order valence-corrected chi connectivity index (χ2v) is 5.57. The molecule has 0 saturated heterocycles. The van der Waals surface area contributed by atoms with Gasteiger partial charge in [0.15, 0.2) is 0 Å². The van der Waals surface area contributed by atoms with Crippen LogP contribution in [0.25, 0.3) is 17.1 Å². The summed E-state index contributed by atoms with van der Waals surface area (Å²) in [6.45, 7) is 7.82. The Morgan fingerprint density at radius 1 is 1.59 bits per heavy atom. The van der Waals surface area contributed by atoms with Crippen LogP contribution < -0.4 is 0 Å². The van der Waals surface area contributed by atoms with Gasteiger partial charge in [-0.2, -0.15) is 0 Å². The largest absolute Gasteiger partial charge is 0.394 e. The van der Waals surface area contributed by atoms with Crippen LogP contribution in [0, 0.1) is 0 Å². The molecule has 0 spiro atoms. The number of hydrogen-bond acceptors (Lipinski definition) is 2. The first-order chi connectivity index (χ1) is 7.99. The predicted molar refractivity (Wildman–Crippen MR) is 73.9 cm³/mol. The summed E-state index contributed by atoms with van der Waals surface area (Å²) in [5.41, 5.74) is 1.51. The van der Waals surface area contributed by atoms with E-state index in [2.05, 4.69) is 27.5 Å². The molecular weight excluding hydrogens is 280 g/mol. The molecule has 0 aromatic carbocycles. The van der Waals surface area contributed by atoms with Crippen molar-refractivity contribution in [1.29, 1.82) is 0 Å². The first-order valence-electron chi connectivity index (χ1n) is 5.40. The minimum absolute atomic E-state index is 0.0606. The average molecular weight is 295 g/mol. The Hall–Kier alpha value is -1.13. The van der Waals surface area contributed by atoms with Crippen LogP contribution in [0.5, 0.6) is 0 Å². The Bertz CT molecular complexity index is 572. The smallest absolute Gasteiger partial charge is 0.141 e. The van der Waals surface area contributed by atoms with Crippen LogP contribution in [0.15, 0.2) is 29.5 Å². The number of pyridine rings is 1. The Balaban J connectivity index is 2.78. The molecule has 0 unspecified atom stereocenters. The van der Waals surface area contributed by atoms with Crippen molar-refractivity contribution >= 4 is 33.0 Å². The van der Waals surface area contributed by atoms with E-state index in [4.69, 9.17) is 0 Å². The molecule has 3 nitrogen and oxygen atoms in total. The third kappa shape index (κ3) is 2.03. The van der Waals surface area contributed by atoms with Crippen molar-refractivity contribution < 1.29 is 5.11 Å². The van der Waals surface area contributed by atoms with Gasteiger partial charge >= 0.3 is 0 Å². The van der Waals surface area contributed by atoms with E-state index in [0.717, 1.165) is 21.1 Å². The summed E-state index contributed by atoms with van der Waals surface area (Å²) in [5.74, 6) is 0. The lowest BCUT2D eigenvalue weighted by atomic mass is 10.1. The maximum atomic E-state index is 9.46. The van der Waals surface area contributed by atoms with E-state index >= 15 is 0 Å². The number of rotatable bonds is 3. The molecule has 0 bridgehead atoms. The predicted octanol–water partition coefficient (Wildman–Crippen LogP) is 3.17. The van der Waals surface area contributed by atoms with Crippen LogP contribution in [0.1, 0.15) is 19.4 Å². The van der Waals surface area contributed by atoms with E-state index in [1.807, 2.05) is 30.7 Å². The first kappa shape index (κ1) is 12.3. The zero-order chi connectivity index (χ0) is 12.6. The van der Waals surface area contributed by atoms with Crippen molar-refractivity contribution in [1.82, 2.24) is 9.55 Å². The second kappa shape index (κ2) is 4.27. The molecule has 0 amide bonds. The van der Waals surface area contributed by atoms with Crippen molar-refractivity contribution in [3.05, 3.63) is 35.1 Å². The van der Waals surface area contributed by atoms with Crippen LogP contribution in [-0.2, 0) is 5.54 Å². The van der Waals surface area contributed by atoms with Crippen LogP contribution in [-0.4, -0.2) is 21.3 Å². The van der Waals surface area contributed by atoms with Gasteiger partial charge < -0.3 is 9.67 Å². The van der Waals surface area contributed by atoms with E-state index in [9.17, 15) is 5.11 Å². The summed E-state index contributed by atoms with van der Waals surface area (Å²) in [6, 6.07) is 2.02. The van der Waals surface area contributed by atoms with Crippen molar-refractivity contribution in [2.24, 2.45) is 0 Å². The van der Waals surface area contributed by atoms with Crippen molar-refractivity contribution in [2.45, 2.75) is 19.4 Å². The quantitative estimate of drug-likeness (QED) is 0.944. The van der Waals surface area contributed by atoms with E-state index in [1.165, 1.54) is 0 Å². The second-order valence-electron chi connectivity index (χ2n) is 4.65. The Labute approximate surface area is 109 Å². The summed E-state index contributed by atoms with van der Waals surface area (Å²) >= 11 is 3.42. The summed E-state index contributed by atoms with van der Waals surface area (Å²) in [7, 11) is 0. The first-order valence-corrected chi connectivity index (χ1v) is 6.19. The Kier molecular flexibility index (Phi) is 3.10. The fourth-order valence-electron chi connectivity index (χ4n) is 1.81. The molecule has 2 aromatic rings. The van der Waals surface area contributed by atoms with Crippen molar-refractivity contribution in [3.8, 4) is 0 Å². The molecule has 0 saturated carbocycles. The van der Waals surface area contributed by atoms with Crippen LogP contribution in [0.4, 0.5) is 0 Å². The number of aliphatic hydroxyl groups excluding tert-OH is 1. The van der Waals surface area contributed by atoms with Gasteiger partial charge in [0.2, 0.25) is 0 Å². The van der Waals surface area contributed by atoms with Gasteiger partial charge in [-0.1, -0.05) is 12.7 Å². The molecule has 0 atom stereocenters. The molecule has 0 aliphatic heterocycles. The monoisotopic (exact) mass is 294 g/mol. The number of aromatic nitrogens is 2. The van der Waals surface area contributed by atoms with Crippen LogP contribution >= 0.6 is 15.9 Å². The molecule has 2 aromatic heterocycles. The van der Waals surface area contributed by atoms with Gasteiger partial charge in [0.25, 0.3) is 0 Å². The normalized spacial score (nSPS) is 12.0. The molecule has 4 heteroatoms. The van der Waals surface area contributed by atoms with Crippen LogP contribution in [0.3, 0.4) is 0 Å². The fourth-order valence-corrected chi connectivity index (χ4v) is 2.14. The van der Waals surface area contributed by atoms with Gasteiger partial charge in [0.1, 0.15) is 5.65 Å². The minimum atomic E-state index is -0.375. The van der Waals surface area contributed by atoms with Crippen LogP contribution in [0.2, 0.25) is 0 Å². The number of fused-ring (bicyclic) bond motifs is 1. The molecular formula is C13H15BrN2O. The van der Waals surface area contributed by atoms with Crippen molar-refractivity contribution in [3.63, 3.8) is 0 Å². The molecule has 2 heterocycles. The number of nitrogens with zero attached hydrogens (tertiary/aromatic N) is 2. The lowest BCUT2D eigenvalue weighted by molar-refractivity contribution is 0.168. The van der Waals surface area contributed by atoms with Gasteiger partial charge in [0.05, 0.1) is 12.1 Å². The topological polar surface area (TPSA) is 38.0 Å². The summed E-state index contributed by atoms with van der Waals surface area (Å²) < 4.78 is 2.93. The zero-order valence-electron chi connectivity index (χ0n) is 9.94. The van der Waals surface area contributed by atoms with Gasteiger partial charge in [-0.25, -0.2) is 4.98 Å². The van der Waals surface area contributed by atoms with Gasteiger partial charge in [-0.3, -0.25) is 0 Å². The summed E-state index contributed by atoms with van der Waals surface area (Å²) in [4.78, 5) is 4.42. The summed E-state index contributed by atoms with van der Waals surface area (Å²) in [5, 5.41) is 10.5. The third-order valence-corrected chi connectivity index (χ3v) is 3.33. The Morgan fingerprint density at radius 3 is 2.88 bits per heavy atom. The maximum Gasteiger partial charge on any atom is 0.141 e. The Morgan fingerprint density at radius 2 is 2.29 bits per heavy atom. The van der Waals surface area contributed by atoms with E-state index < -0.39 is 0 Å². The van der Waals surface area contributed by atoms with Gasteiger partial charge in [-0.15, -0.1) is 0 Å². The highest BCUT2D eigenvalue weighted by Crippen LogP contribution is 2.28. The van der Waals surface area contributed by atoms with Gasteiger partial charge in [-0.05, 0) is 35.8 Å². The molecule has 90 valence electrons. The fraction of sp³-hybridized carbons (Fsp3) is 0.308. The molecule has 0 radical (unpaired) electrons. The standard InChI is InChI=1S/C13H15BrN2O/c1-4-9-7-16(13(2,3)8-17)12-11(9)5-10(14)6-15-12/h4-7,17H,1,8H2,2-3H3. The lowest BCUT2D eigenvalue weighted by Crippen LogP contribution is -2.29. The number of hydrogen-bond donors (Lipinski definition) is 1. The highest BCUT2D eigenvalue weighted by Gasteiger charge is 2.22. The van der Waals surface area contributed by atoms with E-state index in [-0.39, 0.29) is 12.1 Å². The highest BCUT2D eigenvalue weighted by atomic mass is 79.9. The van der Waals surface area contributed by atoms with Crippen molar-refractivity contribution in [2.75, 3.05) is 6.61 Å².